The van der Waals surface area contributed by atoms with Gasteiger partial charge >= 0.3 is 17.9 Å². The molecule has 0 spiro atoms. The van der Waals surface area contributed by atoms with Crippen molar-refractivity contribution in [3.8, 4) is 0 Å². The molecule has 0 aromatic carbocycles. The highest BCUT2D eigenvalue weighted by Gasteiger charge is 2.19. The molecule has 1 unspecified atom stereocenters. The Kier molecular flexibility index (Phi) is 46.6. The fourth-order valence-electron chi connectivity index (χ4n) is 6.27. The van der Waals surface area contributed by atoms with Gasteiger partial charge in [0.15, 0.2) is 6.10 Å². The molecule has 1 atom stereocenters. The molecule has 0 aliphatic carbocycles. The van der Waals surface area contributed by atoms with Crippen molar-refractivity contribution in [1.82, 2.24) is 0 Å². The fourth-order valence-corrected chi connectivity index (χ4v) is 6.27. The normalized spacial score (nSPS) is 13.0. The molecule has 0 aliphatic heterocycles. The number of hydrogen-bond donors (Lipinski definition) is 0. The van der Waals surface area contributed by atoms with Gasteiger partial charge in [-0.25, -0.2) is 0 Å². The van der Waals surface area contributed by atoms with Crippen LogP contribution in [0.5, 0.6) is 0 Å². The monoisotopic (exact) mass is 859 g/mol. The van der Waals surface area contributed by atoms with E-state index in [1.165, 1.54) is 44.9 Å². The summed E-state index contributed by atoms with van der Waals surface area (Å²) in [5.74, 6) is -1.09. The second kappa shape index (κ2) is 49.7. The molecule has 0 saturated carbocycles. The molecule has 6 heteroatoms. The van der Waals surface area contributed by atoms with Gasteiger partial charge in [-0.15, -0.1) is 0 Å². The van der Waals surface area contributed by atoms with Crippen LogP contribution in [0.2, 0.25) is 0 Å². The topological polar surface area (TPSA) is 78.9 Å². The zero-order valence-electron chi connectivity index (χ0n) is 39.8. The fraction of sp³-hybridized carbons (Fsp3) is 0.625. The van der Waals surface area contributed by atoms with Gasteiger partial charge in [0.1, 0.15) is 13.2 Å². The Hall–Kier alpha value is -3.93. The van der Waals surface area contributed by atoms with E-state index in [0.29, 0.717) is 6.42 Å². The highest BCUT2D eigenvalue weighted by atomic mass is 16.6. The number of hydrogen-bond acceptors (Lipinski definition) is 6. The smallest absolute Gasteiger partial charge is 0.309 e. The molecule has 0 aromatic heterocycles. The Balaban J connectivity index is 4.58. The first-order valence-electron chi connectivity index (χ1n) is 24.9. The van der Waals surface area contributed by atoms with Crippen LogP contribution in [0.1, 0.15) is 207 Å². The number of unbranched alkanes of at least 4 members (excludes halogenated alkanes) is 15. The molecular weight excluding hydrogens is 769 g/mol. The van der Waals surface area contributed by atoms with Gasteiger partial charge in [0.25, 0.3) is 0 Å². The maximum Gasteiger partial charge on any atom is 0.309 e. The predicted molar refractivity (Wildman–Crippen MR) is 265 cm³/mol. The van der Waals surface area contributed by atoms with E-state index >= 15 is 0 Å². The van der Waals surface area contributed by atoms with Crippen molar-refractivity contribution in [1.29, 1.82) is 0 Å². The molecule has 0 N–H and O–H groups in total. The molecule has 0 aromatic rings. The second-order valence-corrected chi connectivity index (χ2v) is 16.0. The highest BCUT2D eigenvalue weighted by molar-refractivity contribution is 5.72. The quantitative estimate of drug-likeness (QED) is 0.0263. The van der Waals surface area contributed by atoms with Crippen molar-refractivity contribution >= 4 is 17.9 Å². The van der Waals surface area contributed by atoms with Gasteiger partial charge in [-0.3, -0.25) is 14.4 Å². The lowest BCUT2D eigenvalue weighted by Gasteiger charge is -2.18. The van der Waals surface area contributed by atoms with Gasteiger partial charge in [0.2, 0.25) is 0 Å². The first kappa shape index (κ1) is 58.1. The van der Waals surface area contributed by atoms with Crippen LogP contribution in [-0.2, 0) is 28.6 Å². The van der Waals surface area contributed by atoms with E-state index < -0.39 is 12.1 Å². The lowest BCUT2D eigenvalue weighted by Crippen LogP contribution is -2.30. The summed E-state index contributed by atoms with van der Waals surface area (Å²) in [5.41, 5.74) is 0. The van der Waals surface area contributed by atoms with Crippen LogP contribution >= 0.6 is 0 Å². The summed E-state index contributed by atoms with van der Waals surface area (Å²) < 4.78 is 16.6. The molecule has 0 amide bonds. The summed E-state index contributed by atoms with van der Waals surface area (Å²) in [6.07, 6.45) is 66.6. The van der Waals surface area contributed by atoms with Gasteiger partial charge in [-0.1, -0.05) is 194 Å². The third-order valence-electron chi connectivity index (χ3n) is 10.0. The van der Waals surface area contributed by atoms with Crippen LogP contribution < -0.4 is 0 Å². The largest absolute Gasteiger partial charge is 0.462 e. The van der Waals surface area contributed by atoms with E-state index in [9.17, 15) is 14.4 Å². The van der Waals surface area contributed by atoms with Crippen molar-refractivity contribution in [2.45, 2.75) is 213 Å². The number of carbonyl (C=O) groups is 3. The van der Waals surface area contributed by atoms with Gasteiger partial charge in [0, 0.05) is 12.8 Å². The Labute approximate surface area is 380 Å². The van der Waals surface area contributed by atoms with Crippen LogP contribution in [-0.4, -0.2) is 37.2 Å². The summed E-state index contributed by atoms with van der Waals surface area (Å²) in [6, 6.07) is 0. The Bertz CT molecular complexity index is 1310. The zero-order chi connectivity index (χ0) is 45.1. The SMILES string of the molecule is CC/C=C\C/C=C\C/C=C\C/C=C\C/C=C\CC(=O)OCC(COC(=O)CCCCCCC/C=C\C/C=C\CCCC)OC(=O)CCCCCCC/C=C\C/C=C\CCCCC. The number of rotatable bonds is 43. The lowest BCUT2D eigenvalue weighted by atomic mass is 10.1. The third kappa shape index (κ3) is 47.1. The summed E-state index contributed by atoms with van der Waals surface area (Å²) >= 11 is 0. The molecule has 6 nitrogen and oxygen atoms in total. The van der Waals surface area contributed by atoms with E-state index in [2.05, 4.69) is 118 Å². The van der Waals surface area contributed by atoms with Crippen LogP contribution in [0.3, 0.4) is 0 Å². The van der Waals surface area contributed by atoms with E-state index in [-0.39, 0.29) is 38.0 Å². The first-order chi connectivity index (χ1) is 30.5. The highest BCUT2D eigenvalue weighted by Crippen LogP contribution is 2.12. The summed E-state index contributed by atoms with van der Waals surface area (Å²) in [4.78, 5) is 37.9. The van der Waals surface area contributed by atoms with Crippen molar-refractivity contribution in [2.75, 3.05) is 13.2 Å². The number of ether oxygens (including phenoxy) is 3. The van der Waals surface area contributed by atoms with Crippen LogP contribution in [0.15, 0.2) is 109 Å². The van der Waals surface area contributed by atoms with E-state index in [1.807, 2.05) is 6.08 Å². The van der Waals surface area contributed by atoms with E-state index in [4.69, 9.17) is 14.2 Å². The van der Waals surface area contributed by atoms with Crippen molar-refractivity contribution in [3.63, 3.8) is 0 Å². The van der Waals surface area contributed by atoms with E-state index in [0.717, 1.165) is 122 Å². The average molecular weight is 859 g/mol. The summed E-state index contributed by atoms with van der Waals surface area (Å²) in [6.45, 7) is 6.32. The maximum atomic E-state index is 12.8. The van der Waals surface area contributed by atoms with Crippen LogP contribution in [0.4, 0.5) is 0 Å². The molecule has 62 heavy (non-hydrogen) atoms. The van der Waals surface area contributed by atoms with Crippen molar-refractivity contribution in [3.05, 3.63) is 109 Å². The van der Waals surface area contributed by atoms with Crippen molar-refractivity contribution < 1.29 is 28.6 Å². The Morgan fingerprint density at radius 3 is 1.18 bits per heavy atom. The second-order valence-electron chi connectivity index (χ2n) is 16.0. The molecule has 0 fully saturated rings. The predicted octanol–water partition coefficient (Wildman–Crippen LogP) is 16.4. The minimum absolute atomic E-state index is 0.118. The van der Waals surface area contributed by atoms with Crippen molar-refractivity contribution in [2.24, 2.45) is 0 Å². The van der Waals surface area contributed by atoms with Crippen LogP contribution in [0, 0.1) is 0 Å². The zero-order valence-corrected chi connectivity index (χ0v) is 39.8. The molecule has 0 heterocycles. The maximum absolute atomic E-state index is 12.8. The number of allylic oxidation sites excluding steroid dienone is 17. The Morgan fingerprint density at radius 2 is 0.710 bits per heavy atom. The molecule has 0 saturated heterocycles. The minimum atomic E-state index is -0.832. The van der Waals surface area contributed by atoms with E-state index in [1.54, 1.807) is 6.08 Å². The average Bonchev–Trinajstić information content (AvgIpc) is 3.27. The molecular formula is C56H90O6. The molecule has 0 aliphatic rings. The van der Waals surface area contributed by atoms with Crippen LogP contribution in [0.25, 0.3) is 0 Å². The third-order valence-corrected chi connectivity index (χ3v) is 10.0. The van der Waals surface area contributed by atoms with Gasteiger partial charge in [-0.05, 0) is 103 Å². The molecule has 0 rings (SSSR count). The molecule has 0 radical (unpaired) electrons. The van der Waals surface area contributed by atoms with Gasteiger partial charge in [0.05, 0.1) is 6.42 Å². The summed E-state index contributed by atoms with van der Waals surface area (Å²) in [5, 5.41) is 0. The Morgan fingerprint density at radius 1 is 0.355 bits per heavy atom. The first-order valence-corrected chi connectivity index (χ1v) is 24.9. The van der Waals surface area contributed by atoms with Gasteiger partial charge in [-0.2, -0.15) is 0 Å². The number of carbonyl (C=O) groups excluding carboxylic acids is 3. The standard InChI is InChI=1S/C56H90O6/c1-4-7-10-13-16-19-22-25-28-31-34-37-40-43-46-49-55(58)61-52-53(51-60-54(57)48-45-42-39-36-33-30-27-24-21-18-15-12-9-6-3)62-56(59)50-47-44-41-38-35-32-29-26-23-20-17-14-11-8-5-2/h7,10,15-20,24-29,34,37,43,46,53H,4-6,8-9,11-14,21-23,30-33,35-36,38-42,44-45,47-52H2,1-3H3/b10-7-,18-15-,19-16-,20-17-,27-24-,28-25-,29-26-,37-34-,46-43-. The minimum Gasteiger partial charge on any atom is -0.462 e. The number of esters is 3. The van der Waals surface area contributed by atoms with Gasteiger partial charge < -0.3 is 14.2 Å². The lowest BCUT2D eigenvalue weighted by molar-refractivity contribution is -0.166. The molecule has 350 valence electrons. The molecule has 0 bridgehead atoms. The summed E-state index contributed by atoms with van der Waals surface area (Å²) in [7, 11) is 0.